The Bertz CT molecular complexity index is 1370. The molecule has 9 nitrogen and oxygen atoms in total. The van der Waals surface area contributed by atoms with Crippen molar-refractivity contribution in [2.45, 2.75) is 48.5 Å². The number of fused-ring (bicyclic) bond motifs is 3. The molecule has 3 heterocycles. The van der Waals surface area contributed by atoms with Crippen LogP contribution in [0.5, 0.6) is 5.75 Å². The van der Waals surface area contributed by atoms with Gasteiger partial charge in [-0.25, -0.2) is 12.8 Å². The molecule has 0 radical (unpaired) electrons. The quantitative estimate of drug-likeness (QED) is 0.411. The molecule has 1 amide bonds. The Balaban J connectivity index is 1.29. The van der Waals surface area contributed by atoms with Gasteiger partial charge in [-0.3, -0.25) is 14.5 Å². The zero-order valence-corrected chi connectivity index (χ0v) is 20.5. The molecule has 0 bridgehead atoms. The first-order valence-electron chi connectivity index (χ1n) is 11.8. The van der Waals surface area contributed by atoms with Crippen LogP contribution in [-0.2, 0) is 26.1 Å². The Morgan fingerprint density at radius 3 is 2.70 bits per heavy atom. The Morgan fingerprint density at radius 2 is 1.97 bits per heavy atom. The van der Waals surface area contributed by atoms with Crippen molar-refractivity contribution >= 4 is 21.6 Å². The minimum absolute atomic E-state index is 0.0627. The monoisotopic (exact) mass is 527 g/mol. The number of carbonyl (C=O) groups excluding carboxylic acids is 1. The van der Waals surface area contributed by atoms with Gasteiger partial charge in [-0.1, -0.05) is 6.07 Å². The Morgan fingerprint density at radius 1 is 1.16 bits per heavy atom. The molecule has 0 aliphatic carbocycles. The molecule has 37 heavy (non-hydrogen) atoms. The number of aliphatic hydroxyl groups is 1. The number of anilines is 1. The van der Waals surface area contributed by atoms with Crippen LogP contribution in [0.25, 0.3) is 0 Å². The number of nitrogens with one attached hydrogen (secondary N) is 2. The van der Waals surface area contributed by atoms with E-state index in [-0.39, 0.29) is 29.7 Å². The molecule has 0 spiro atoms. The normalized spacial score (nSPS) is 22.4. The zero-order valence-electron chi connectivity index (χ0n) is 19.7. The number of amides is 1. The average molecular weight is 528 g/mol. The van der Waals surface area contributed by atoms with Crippen LogP contribution in [0, 0.1) is 5.82 Å². The summed E-state index contributed by atoms with van der Waals surface area (Å²) >= 11 is 0. The first-order valence-corrected chi connectivity index (χ1v) is 13.3. The van der Waals surface area contributed by atoms with Gasteiger partial charge in [0.2, 0.25) is 5.91 Å². The first-order chi connectivity index (χ1) is 17.8. The van der Waals surface area contributed by atoms with Gasteiger partial charge in [0.05, 0.1) is 24.0 Å². The molecule has 2 aromatic carbocycles. The van der Waals surface area contributed by atoms with Crippen LogP contribution >= 0.6 is 0 Å². The molecule has 3 N–H and O–H groups in total. The SMILES string of the molecule is O=C(C[C@H]1C[C@H]2c3cc(NS(=O)(=O)c4ccc(F)cc4)ccc3O[C@H]2[C@@H](CO)O1)NCc1cccnc1. The summed E-state index contributed by atoms with van der Waals surface area (Å²) in [4.78, 5) is 16.5. The third kappa shape index (κ3) is 5.58. The predicted octanol–water partition coefficient (Wildman–Crippen LogP) is 2.72. The number of halogens is 1. The summed E-state index contributed by atoms with van der Waals surface area (Å²) in [5, 5.41) is 12.8. The fourth-order valence-corrected chi connectivity index (χ4v) is 5.81. The van der Waals surface area contributed by atoms with E-state index in [4.69, 9.17) is 9.47 Å². The van der Waals surface area contributed by atoms with Crippen molar-refractivity contribution in [1.82, 2.24) is 10.3 Å². The van der Waals surface area contributed by atoms with Crippen molar-refractivity contribution in [1.29, 1.82) is 0 Å². The van der Waals surface area contributed by atoms with Crippen LogP contribution < -0.4 is 14.8 Å². The minimum Gasteiger partial charge on any atom is -0.487 e. The summed E-state index contributed by atoms with van der Waals surface area (Å²) in [6.07, 6.45) is 2.35. The van der Waals surface area contributed by atoms with E-state index in [0.29, 0.717) is 24.4 Å². The molecule has 1 fully saturated rings. The molecule has 11 heteroatoms. The van der Waals surface area contributed by atoms with Gasteiger partial charge in [0.25, 0.3) is 10.0 Å². The number of sulfonamides is 1. The fourth-order valence-electron chi connectivity index (χ4n) is 4.76. The number of nitrogens with zero attached hydrogens (tertiary/aromatic N) is 1. The maximum Gasteiger partial charge on any atom is 0.261 e. The van der Waals surface area contributed by atoms with E-state index in [2.05, 4.69) is 15.0 Å². The van der Waals surface area contributed by atoms with Gasteiger partial charge in [0.15, 0.2) is 0 Å². The van der Waals surface area contributed by atoms with Crippen LogP contribution in [0.4, 0.5) is 10.1 Å². The zero-order chi connectivity index (χ0) is 26.0. The molecule has 0 saturated carbocycles. The number of ether oxygens (including phenoxy) is 2. The van der Waals surface area contributed by atoms with Gasteiger partial charge in [-0.05, 0) is 60.5 Å². The van der Waals surface area contributed by atoms with Crippen LogP contribution in [0.2, 0.25) is 0 Å². The van der Waals surface area contributed by atoms with Crippen LogP contribution in [0.15, 0.2) is 71.9 Å². The van der Waals surface area contributed by atoms with Crippen molar-refractivity contribution in [3.8, 4) is 5.75 Å². The molecule has 5 rings (SSSR count). The third-order valence-electron chi connectivity index (χ3n) is 6.50. The minimum atomic E-state index is -3.93. The summed E-state index contributed by atoms with van der Waals surface area (Å²) in [7, 11) is -3.93. The lowest BCUT2D eigenvalue weighted by Gasteiger charge is -2.37. The van der Waals surface area contributed by atoms with E-state index in [1.165, 1.54) is 12.1 Å². The van der Waals surface area contributed by atoms with Gasteiger partial charge in [-0.2, -0.15) is 0 Å². The summed E-state index contributed by atoms with van der Waals surface area (Å²) in [6.45, 7) is 0.0609. The molecular weight excluding hydrogens is 501 g/mol. The van der Waals surface area contributed by atoms with Gasteiger partial charge in [-0.15, -0.1) is 0 Å². The Kier molecular flexibility index (Phi) is 7.09. The summed E-state index contributed by atoms with van der Waals surface area (Å²) in [5.41, 5.74) is 1.97. The average Bonchev–Trinajstić information content (AvgIpc) is 3.25. The lowest BCUT2D eigenvalue weighted by atomic mass is 9.84. The maximum absolute atomic E-state index is 13.2. The van der Waals surface area contributed by atoms with E-state index < -0.39 is 34.2 Å². The highest BCUT2D eigenvalue weighted by Gasteiger charge is 2.46. The standard InChI is InChI=1S/C26H26FN3O6S/c27-17-3-6-20(7-4-17)37(33,34)30-18-5-8-23-21(10-18)22-11-19(35-24(15-31)26(22)36-23)12-25(32)29-14-16-2-1-9-28-13-16/h1-10,13,19,22,24,26,30-31H,11-12,14-15H2,(H,29,32)/t19-,22+,24-,26-/m1/s1. The van der Waals surface area contributed by atoms with E-state index >= 15 is 0 Å². The van der Waals surface area contributed by atoms with Crippen LogP contribution in [-0.4, -0.2) is 49.3 Å². The molecule has 1 saturated heterocycles. The van der Waals surface area contributed by atoms with Crippen molar-refractivity contribution in [2.75, 3.05) is 11.3 Å². The third-order valence-corrected chi connectivity index (χ3v) is 7.90. The Hall–Kier alpha value is -3.54. The van der Waals surface area contributed by atoms with E-state index in [0.717, 1.165) is 23.3 Å². The molecular formula is C26H26FN3O6S. The number of pyridine rings is 1. The van der Waals surface area contributed by atoms with Crippen LogP contribution in [0.3, 0.4) is 0 Å². The predicted molar refractivity (Wildman–Crippen MR) is 132 cm³/mol. The molecule has 1 aromatic heterocycles. The van der Waals surface area contributed by atoms with Crippen LogP contribution in [0.1, 0.15) is 29.9 Å². The van der Waals surface area contributed by atoms with Gasteiger partial charge in [0.1, 0.15) is 23.8 Å². The second kappa shape index (κ2) is 10.4. The number of rotatable bonds is 8. The largest absolute Gasteiger partial charge is 0.487 e. The lowest BCUT2D eigenvalue weighted by Crippen LogP contribution is -2.47. The molecule has 4 atom stereocenters. The number of aliphatic hydroxyl groups excluding tert-OH is 1. The number of aromatic nitrogens is 1. The van der Waals surface area contributed by atoms with Crippen molar-refractivity contribution < 1.29 is 32.2 Å². The molecule has 2 aliphatic rings. The highest BCUT2D eigenvalue weighted by atomic mass is 32.2. The highest BCUT2D eigenvalue weighted by Crippen LogP contribution is 2.47. The fraction of sp³-hybridized carbons (Fsp3) is 0.308. The van der Waals surface area contributed by atoms with Gasteiger partial charge in [0, 0.05) is 36.1 Å². The van der Waals surface area contributed by atoms with Gasteiger partial charge >= 0.3 is 0 Å². The topological polar surface area (TPSA) is 127 Å². The molecule has 3 aromatic rings. The molecule has 2 aliphatic heterocycles. The Labute approximate surface area is 213 Å². The van der Waals surface area contributed by atoms with E-state index in [1.54, 1.807) is 36.7 Å². The first kappa shape index (κ1) is 25.1. The van der Waals surface area contributed by atoms with Crippen molar-refractivity contribution in [3.05, 3.63) is 83.9 Å². The molecule has 194 valence electrons. The van der Waals surface area contributed by atoms with Crippen molar-refractivity contribution in [3.63, 3.8) is 0 Å². The number of carbonyl (C=O) groups is 1. The number of benzene rings is 2. The maximum atomic E-state index is 13.2. The second-order valence-electron chi connectivity index (χ2n) is 9.06. The van der Waals surface area contributed by atoms with E-state index in [1.807, 2.05) is 6.07 Å². The summed E-state index contributed by atoms with van der Waals surface area (Å²) in [5.74, 6) is -0.349. The molecule has 0 unspecified atom stereocenters. The van der Waals surface area contributed by atoms with Crippen molar-refractivity contribution in [2.24, 2.45) is 0 Å². The lowest BCUT2D eigenvalue weighted by molar-refractivity contribution is -0.142. The second-order valence-corrected chi connectivity index (χ2v) is 10.7. The smallest absolute Gasteiger partial charge is 0.261 e. The summed E-state index contributed by atoms with van der Waals surface area (Å²) < 4.78 is 53.3. The number of hydrogen-bond donors (Lipinski definition) is 3. The highest BCUT2D eigenvalue weighted by molar-refractivity contribution is 7.92. The van der Waals surface area contributed by atoms with E-state index in [9.17, 15) is 22.7 Å². The van der Waals surface area contributed by atoms with Gasteiger partial charge < -0.3 is 19.9 Å². The summed E-state index contributed by atoms with van der Waals surface area (Å²) in [6, 6.07) is 13.2. The number of hydrogen-bond acceptors (Lipinski definition) is 7.